The quantitative estimate of drug-likeness (QED) is 0.800. The first kappa shape index (κ1) is 16.2. The number of ether oxygens (including phenoxy) is 2. The van der Waals surface area contributed by atoms with Gasteiger partial charge < -0.3 is 18.8 Å². The maximum Gasteiger partial charge on any atom is 0.494 e. The van der Waals surface area contributed by atoms with E-state index in [9.17, 15) is 0 Å². The van der Waals surface area contributed by atoms with Crippen LogP contribution in [0.5, 0.6) is 11.5 Å². The fraction of sp³-hybridized carbons (Fsp3) is 0.625. The number of hydrogen-bond acceptors (Lipinski definition) is 4. The lowest BCUT2D eigenvalue weighted by Gasteiger charge is -2.32. The summed E-state index contributed by atoms with van der Waals surface area (Å²) in [4.78, 5) is 0. The lowest BCUT2D eigenvalue weighted by Crippen LogP contribution is -2.41. The van der Waals surface area contributed by atoms with Crippen LogP contribution in [-0.4, -0.2) is 31.5 Å². The van der Waals surface area contributed by atoms with Crippen molar-refractivity contribution < 1.29 is 18.8 Å². The van der Waals surface area contributed by atoms with Crippen molar-refractivity contribution in [1.82, 2.24) is 0 Å². The van der Waals surface area contributed by atoms with Gasteiger partial charge in [0.1, 0.15) is 0 Å². The van der Waals surface area contributed by atoms with E-state index in [-0.39, 0.29) is 17.3 Å². The predicted molar refractivity (Wildman–Crippen MR) is 84.5 cm³/mol. The second-order valence-electron chi connectivity index (χ2n) is 6.67. The van der Waals surface area contributed by atoms with Crippen molar-refractivity contribution in [1.29, 1.82) is 0 Å². The summed E-state index contributed by atoms with van der Waals surface area (Å²) in [5.41, 5.74) is 0.234. The third-order valence-corrected chi connectivity index (χ3v) is 4.08. The van der Waals surface area contributed by atoms with Crippen LogP contribution in [0.25, 0.3) is 0 Å². The molecular weight excluding hydrogens is 267 g/mol. The normalized spacial score (nSPS) is 19.9. The molecular formula is C16H25BO4. The van der Waals surface area contributed by atoms with Gasteiger partial charge in [0.15, 0.2) is 11.5 Å². The van der Waals surface area contributed by atoms with Gasteiger partial charge in [-0.3, -0.25) is 0 Å². The van der Waals surface area contributed by atoms with Crippen molar-refractivity contribution >= 4 is 12.6 Å². The van der Waals surface area contributed by atoms with Gasteiger partial charge in [-0.2, -0.15) is 0 Å². The molecule has 0 atom stereocenters. The molecule has 1 aliphatic heterocycles. The molecule has 5 heteroatoms. The van der Waals surface area contributed by atoms with Gasteiger partial charge >= 0.3 is 7.12 Å². The highest BCUT2D eigenvalue weighted by Gasteiger charge is 2.51. The van der Waals surface area contributed by atoms with E-state index in [1.807, 2.05) is 59.7 Å². The van der Waals surface area contributed by atoms with E-state index in [4.69, 9.17) is 18.8 Å². The first-order valence-corrected chi connectivity index (χ1v) is 7.36. The molecule has 1 aliphatic rings. The summed E-state index contributed by atoms with van der Waals surface area (Å²) < 4.78 is 23.2. The lowest BCUT2D eigenvalue weighted by molar-refractivity contribution is 0.00578. The van der Waals surface area contributed by atoms with Crippen LogP contribution in [0.15, 0.2) is 18.2 Å². The van der Waals surface area contributed by atoms with Gasteiger partial charge in [-0.1, -0.05) is 6.07 Å². The minimum Gasteiger partial charge on any atom is -0.493 e. The van der Waals surface area contributed by atoms with Crippen LogP contribution >= 0.6 is 0 Å². The molecule has 0 bridgehead atoms. The molecule has 1 fully saturated rings. The molecule has 0 N–H and O–H groups in total. The molecule has 21 heavy (non-hydrogen) atoms. The summed E-state index contributed by atoms with van der Waals surface area (Å²) in [6.07, 6.45) is 0.0987. The standard InChI is InChI=1S/C16H25BO4/c1-11(2)19-13-9-8-12(10-14(13)18-7)17-20-15(3,4)16(5,6)21-17/h8-11H,1-7H3. The van der Waals surface area contributed by atoms with E-state index < -0.39 is 7.12 Å². The van der Waals surface area contributed by atoms with Crippen LogP contribution in [0.4, 0.5) is 0 Å². The van der Waals surface area contributed by atoms with E-state index in [0.29, 0.717) is 5.75 Å². The smallest absolute Gasteiger partial charge is 0.493 e. The molecule has 0 amide bonds. The van der Waals surface area contributed by atoms with Gasteiger partial charge in [0.25, 0.3) is 0 Å². The molecule has 4 nitrogen and oxygen atoms in total. The summed E-state index contributed by atoms with van der Waals surface area (Å²) in [6.45, 7) is 12.1. The molecule has 1 aromatic rings. The summed E-state index contributed by atoms with van der Waals surface area (Å²) in [5.74, 6) is 1.42. The number of methoxy groups -OCH3 is 1. The van der Waals surface area contributed by atoms with Crippen LogP contribution in [0.3, 0.4) is 0 Å². The number of rotatable bonds is 4. The highest BCUT2D eigenvalue weighted by molar-refractivity contribution is 6.62. The predicted octanol–water partition coefficient (Wildman–Crippen LogP) is 2.78. The zero-order valence-electron chi connectivity index (χ0n) is 14.0. The van der Waals surface area contributed by atoms with Crippen molar-refractivity contribution in [3.8, 4) is 11.5 Å². The van der Waals surface area contributed by atoms with Gasteiger partial charge in [-0.05, 0) is 59.1 Å². The Hall–Kier alpha value is -1.20. The second kappa shape index (κ2) is 5.54. The number of benzene rings is 1. The Morgan fingerprint density at radius 2 is 1.57 bits per heavy atom. The summed E-state index contributed by atoms with van der Waals surface area (Å²) >= 11 is 0. The maximum atomic E-state index is 6.05. The summed E-state index contributed by atoms with van der Waals surface area (Å²) in [7, 11) is 1.24. The Balaban J connectivity index is 2.26. The lowest BCUT2D eigenvalue weighted by atomic mass is 9.79. The Morgan fingerprint density at radius 3 is 2.05 bits per heavy atom. The average molecular weight is 292 g/mol. The molecule has 0 spiro atoms. The molecule has 0 radical (unpaired) electrons. The van der Waals surface area contributed by atoms with E-state index in [1.165, 1.54) is 0 Å². The van der Waals surface area contributed by atoms with E-state index >= 15 is 0 Å². The van der Waals surface area contributed by atoms with Gasteiger partial charge in [-0.15, -0.1) is 0 Å². The zero-order chi connectivity index (χ0) is 15.8. The van der Waals surface area contributed by atoms with Crippen LogP contribution in [0.2, 0.25) is 0 Å². The molecule has 0 saturated carbocycles. The Kier molecular flexibility index (Phi) is 4.27. The van der Waals surface area contributed by atoms with E-state index in [0.717, 1.165) is 11.2 Å². The molecule has 0 aromatic heterocycles. The first-order chi connectivity index (χ1) is 9.66. The maximum absolute atomic E-state index is 6.05. The SMILES string of the molecule is COc1cc(B2OC(C)(C)C(C)(C)O2)ccc1OC(C)C. The first-order valence-electron chi connectivity index (χ1n) is 7.36. The summed E-state index contributed by atoms with van der Waals surface area (Å²) in [6, 6.07) is 5.78. The van der Waals surface area contributed by atoms with Crippen LogP contribution in [-0.2, 0) is 9.31 Å². The molecule has 0 unspecified atom stereocenters. The van der Waals surface area contributed by atoms with Crippen molar-refractivity contribution in [3.63, 3.8) is 0 Å². The van der Waals surface area contributed by atoms with Gasteiger partial charge in [0.2, 0.25) is 0 Å². The van der Waals surface area contributed by atoms with Gasteiger partial charge in [-0.25, -0.2) is 0 Å². The third kappa shape index (κ3) is 3.19. The minimum absolute atomic E-state index is 0.0987. The third-order valence-electron chi connectivity index (χ3n) is 4.08. The molecule has 2 rings (SSSR count). The summed E-state index contributed by atoms with van der Waals surface area (Å²) in [5, 5.41) is 0. The highest BCUT2D eigenvalue weighted by atomic mass is 16.7. The molecule has 1 heterocycles. The second-order valence-corrected chi connectivity index (χ2v) is 6.67. The fourth-order valence-corrected chi connectivity index (χ4v) is 2.16. The Bertz CT molecular complexity index is 495. The van der Waals surface area contributed by atoms with Crippen LogP contribution < -0.4 is 14.9 Å². The van der Waals surface area contributed by atoms with E-state index in [1.54, 1.807) is 7.11 Å². The molecule has 0 aliphatic carbocycles. The van der Waals surface area contributed by atoms with Crippen molar-refractivity contribution in [3.05, 3.63) is 18.2 Å². The zero-order valence-corrected chi connectivity index (χ0v) is 14.0. The Morgan fingerprint density at radius 1 is 1.00 bits per heavy atom. The van der Waals surface area contributed by atoms with Crippen LogP contribution in [0, 0.1) is 0 Å². The monoisotopic (exact) mass is 292 g/mol. The molecule has 1 saturated heterocycles. The minimum atomic E-state index is -0.392. The number of hydrogen-bond donors (Lipinski definition) is 0. The Labute approximate surface area is 127 Å². The van der Waals surface area contributed by atoms with Gasteiger partial charge in [0, 0.05) is 0 Å². The van der Waals surface area contributed by atoms with E-state index in [2.05, 4.69) is 0 Å². The van der Waals surface area contributed by atoms with Crippen LogP contribution in [0.1, 0.15) is 41.5 Å². The molecule has 116 valence electrons. The van der Waals surface area contributed by atoms with Crippen molar-refractivity contribution in [2.24, 2.45) is 0 Å². The fourth-order valence-electron chi connectivity index (χ4n) is 2.16. The average Bonchev–Trinajstić information content (AvgIpc) is 2.58. The van der Waals surface area contributed by atoms with Crippen molar-refractivity contribution in [2.75, 3.05) is 7.11 Å². The van der Waals surface area contributed by atoms with Crippen molar-refractivity contribution in [2.45, 2.75) is 58.8 Å². The highest BCUT2D eigenvalue weighted by Crippen LogP contribution is 2.37. The largest absolute Gasteiger partial charge is 0.494 e. The van der Waals surface area contributed by atoms with Gasteiger partial charge in [0.05, 0.1) is 24.4 Å². The molecule has 1 aromatic carbocycles. The topological polar surface area (TPSA) is 36.9 Å².